The van der Waals surface area contributed by atoms with Crippen molar-refractivity contribution in [3.8, 4) is 0 Å². The van der Waals surface area contributed by atoms with Crippen LogP contribution in [0.5, 0.6) is 0 Å². The van der Waals surface area contributed by atoms with E-state index >= 15 is 0 Å². The molecule has 0 unspecified atom stereocenters. The quantitative estimate of drug-likeness (QED) is 0.782. The summed E-state index contributed by atoms with van der Waals surface area (Å²) in [6.07, 6.45) is 1.27. The van der Waals surface area contributed by atoms with Crippen molar-refractivity contribution >= 4 is 40.1 Å². The Morgan fingerprint density at radius 1 is 1.27 bits per heavy atom. The van der Waals surface area contributed by atoms with Crippen molar-refractivity contribution in [1.82, 2.24) is 9.97 Å². The maximum absolute atomic E-state index is 10.8. The summed E-state index contributed by atoms with van der Waals surface area (Å²) in [5.74, 6) is -1.10. The average molecular weight is 243 g/mol. The molecule has 76 valence electrons. The maximum Gasteiger partial charge on any atom is 0.337 e. The molecular weight excluding hydrogens is 239 g/mol. The first-order chi connectivity index (χ1) is 7.09. The lowest BCUT2D eigenvalue weighted by Crippen LogP contribution is -1.98. The van der Waals surface area contributed by atoms with E-state index in [0.717, 1.165) is 0 Å². The fourth-order valence-electron chi connectivity index (χ4n) is 1.21. The lowest BCUT2D eigenvalue weighted by molar-refractivity contribution is 0.0697. The third-order valence-electron chi connectivity index (χ3n) is 1.91. The summed E-state index contributed by atoms with van der Waals surface area (Å²) in [7, 11) is 0. The predicted octanol–water partition coefficient (Wildman–Crippen LogP) is 2.63. The molecule has 0 radical (unpaired) electrons. The van der Waals surface area contributed by atoms with Crippen LogP contribution in [0.3, 0.4) is 0 Å². The molecule has 2 rings (SSSR count). The summed E-state index contributed by atoms with van der Waals surface area (Å²) in [4.78, 5) is 18.5. The van der Waals surface area contributed by atoms with Crippen LogP contribution in [-0.4, -0.2) is 21.0 Å². The highest BCUT2D eigenvalue weighted by Gasteiger charge is 2.12. The van der Waals surface area contributed by atoms with E-state index < -0.39 is 5.97 Å². The SMILES string of the molecule is O=C(O)c1cc2ncnc(Cl)c2cc1Cl. The number of halogens is 2. The molecule has 6 heteroatoms. The van der Waals surface area contributed by atoms with Gasteiger partial charge in [0.05, 0.1) is 16.1 Å². The van der Waals surface area contributed by atoms with Crippen molar-refractivity contribution in [3.05, 3.63) is 34.2 Å². The summed E-state index contributed by atoms with van der Waals surface area (Å²) in [5.41, 5.74) is 0.454. The molecular formula is C9H4Cl2N2O2. The summed E-state index contributed by atoms with van der Waals surface area (Å²) >= 11 is 11.6. The summed E-state index contributed by atoms with van der Waals surface area (Å²) < 4.78 is 0. The number of nitrogens with zero attached hydrogens (tertiary/aromatic N) is 2. The molecule has 1 heterocycles. The van der Waals surface area contributed by atoms with Crippen LogP contribution in [0, 0.1) is 0 Å². The van der Waals surface area contributed by atoms with Gasteiger partial charge in [-0.25, -0.2) is 14.8 Å². The third-order valence-corrected chi connectivity index (χ3v) is 2.52. The molecule has 1 N–H and O–H groups in total. The third kappa shape index (κ3) is 1.73. The van der Waals surface area contributed by atoms with Crippen molar-refractivity contribution in [2.24, 2.45) is 0 Å². The molecule has 1 aromatic heterocycles. The van der Waals surface area contributed by atoms with Gasteiger partial charge in [0.15, 0.2) is 0 Å². The van der Waals surface area contributed by atoms with Crippen LogP contribution < -0.4 is 0 Å². The zero-order valence-electron chi connectivity index (χ0n) is 7.24. The number of rotatable bonds is 1. The second-order valence-corrected chi connectivity index (χ2v) is 3.58. The van der Waals surface area contributed by atoms with Gasteiger partial charge in [0, 0.05) is 5.39 Å². The number of carbonyl (C=O) groups is 1. The Morgan fingerprint density at radius 2 is 2.00 bits per heavy atom. The lowest BCUT2D eigenvalue weighted by Gasteiger charge is -2.02. The first-order valence-electron chi connectivity index (χ1n) is 3.92. The molecule has 4 nitrogen and oxygen atoms in total. The molecule has 15 heavy (non-hydrogen) atoms. The highest BCUT2D eigenvalue weighted by atomic mass is 35.5. The number of carboxylic acid groups (broad SMARTS) is 1. The van der Waals surface area contributed by atoms with Crippen LogP contribution in [0.25, 0.3) is 10.9 Å². The fraction of sp³-hybridized carbons (Fsp3) is 0. The summed E-state index contributed by atoms with van der Waals surface area (Å²) in [6, 6.07) is 2.82. The van der Waals surface area contributed by atoms with Gasteiger partial charge in [0.25, 0.3) is 0 Å². The van der Waals surface area contributed by atoms with Crippen molar-refractivity contribution in [3.63, 3.8) is 0 Å². The highest BCUT2D eigenvalue weighted by Crippen LogP contribution is 2.26. The molecule has 0 spiro atoms. The molecule has 0 saturated carbocycles. The van der Waals surface area contributed by atoms with Gasteiger partial charge >= 0.3 is 5.97 Å². The fourth-order valence-corrected chi connectivity index (χ4v) is 1.65. The van der Waals surface area contributed by atoms with Crippen LogP contribution in [0.2, 0.25) is 10.2 Å². The van der Waals surface area contributed by atoms with Crippen LogP contribution in [-0.2, 0) is 0 Å². The van der Waals surface area contributed by atoms with Crippen LogP contribution in [0.15, 0.2) is 18.5 Å². The smallest absolute Gasteiger partial charge is 0.337 e. The van der Waals surface area contributed by atoms with Crippen molar-refractivity contribution in [2.75, 3.05) is 0 Å². The Kier molecular flexibility index (Phi) is 2.46. The summed E-state index contributed by atoms with van der Waals surface area (Å²) in [6.45, 7) is 0. The van der Waals surface area contributed by atoms with E-state index in [9.17, 15) is 4.79 Å². The number of benzene rings is 1. The molecule has 0 aliphatic heterocycles. The zero-order valence-corrected chi connectivity index (χ0v) is 8.75. The van der Waals surface area contributed by atoms with Gasteiger partial charge in [-0.1, -0.05) is 23.2 Å². The van der Waals surface area contributed by atoms with E-state index in [4.69, 9.17) is 28.3 Å². The Hall–Kier alpha value is -1.39. The zero-order chi connectivity index (χ0) is 11.0. The van der Waals surface area contributed by atoms with E-state index in [1.807, 2.05) is 0 Å². The number of hydrogen-bond acceptors (Lipinski definition) is 3. The molecule has 0 atom stereocenters. The van der Waals surface area contributed by atoms with E-state index in [1.165, 1.54) is 18.5 Å². The molecule has 0 saturated heterocycles. The standard InChI is InChI=1S/C9H4Cl2N2O2/c10-6-1-5-7(2-4(6)9(14)15)12-3-13-8(5)11/h1-3H,(H,14,15). The lowest BCUT2D eigenvalue weighted by atomic mass is 10.1. The largest absolute Gasteiger partial charge is 0.478 e. The average Bonchev–Trinajstić information content (AvgIpc) is 2.18. The minimum atomic E-state index is -1.10. The molecule has 0 fully saturated rings. The van der Waals surface area contributed by atoms with Crippen molar-refractivity contribution < 1.29 is 9.90 Å². The number of hydrogen-bond donors (Lipinski definition) is 1. The van der Waals surface area contributed by atoms with E-state index in [2.05, 4.69) is 9.97 Å². The van der Waals surface area contributed by atoms with Crippen LogP contribution in [0.4, 0.5) is 0 Å². The maximum atomic E-state index is 10.8. The van der Waals surface area contributed by atoms with Crippen LogP contribution in [0.1, 0.15) is 10.4 Å². The van der Waals surface area contributed by atoms with Gasteiger partial charge < -0.3 is 5.11 Å². The molecule has 0 aliphatic carbocycles. The second kappa shape index (κ2) is 3.64. The number of aromatic nitrogens is 2. The minimum Gasteiger partial charge on any atom is -0.478 e. The van der Waals surface area contributed by atoms with Gasteiger partial charge in [-0.3, -0.25) is 0 Å². The number of aromatic carboxylic acids is 1. The van der Waals surface area contributed by atoms with Crippen LogP contribution >= 0.6 is 23.2 Å². The Labute approximate surface area is 94.5 Å². The molecule has 0 aliphatic rings. The Morgan fingerprint density at radius 3 is 2.67 bits per heavy atom. The minimum absolute atomic E-state index is 0.000988. The molecule has 0 bridgehead atoms. The van der Waals surface area contributed by atoms with Gasteiger partial charge in [-0.2, -0.15) is 0 Å². The first kappa shape index (κ1) is 10.1. The highest BCUT2D eigenvalue weighted by molar-refractivity contribution is 6.37. The van der Waals surface area contributed by atoms with Gasteiger partial charge in [-0.15, -0.1) is 0 Å². The second-order valence-electron chi connectivity index (χ2n) is 2.82. The number of carboxylic acids is 1. The van der Waals surface area contributed by atoms with E-state index in [0.29, 0.717) is 10.9 Å². The molecule has 1 aromatic carbocycles. The van der Waals surface area contributed by atoms with Crippen molar-refractivity contribution in [2.45, 2.75) is 0 Å². The predicted molar refractivity (Wildman–Crippen MR) is 56.5 cm³/mol. The van der Waals surface area contributed by atoms with Gasteiger partial charge in [0.2, 0.25) is 0 Å². The normalized spacial score (nSPS) is 10.5. The number of fused-ring (bicyclic) bond motifs is 1. The monoisotopic (exact) mass is 242 g/mol. The van der Waals surface area contributed by atoms with Crippen molar-refractivity contribution in [1.29, 1.82) is 0 Å². The molecule has 2 aromatic rings. The first-order valence-corrected chi connectivity index (χ1v) is 4.68. The topological polar surface area (TPSA) is 63.1 Å². The summed E-state index contributed by atoms with van der Waals surface area (Å²) in [5, 5.41) is 9.74. The van der Waals surface area contributed by atoms with Gasteiger partial charge in [0.1, 0.15) is 11.5 Å². The van der Waals surface area contributed by atoms with Gasteiger partial charge in [-0.05, 0) is 12.1 Å². The molecule has 0 amide bonds. The Bertz CT molecular complexity index is 557. The Balaban J connectivity index is 2.82. The van der Waals surface area contributed by atoms with E-state index in [1.54, 1.807) is 0 Å². The van der Waals surface area contributed by atoms with E-state index in [-0.39, 0.29) is 15.7 Å².